The zero-order chi connectivity index (χ0) is 12.3. The molecule has 2 rings (SSSR count). The summed E-state index contributed by atoms with van der Waals surface area (Å²) in [5.41, 5.74) is 1.23. The summed E-state index contributed by atoms with van der Waals surface area (Å²) in [6.45, 7) is 2.23. The molecule has 1 aromatic heterocycles. The van der Waals surface area contributed by atoms with E-state index in [1.54, 1.807) is 0 Å². The van der Waals surface area contributed by atoms with Crippen LogP contribution in [0, 0.1) is 0 Å². The average molecular weight is 298 g/mol. The molecule has 0 aliphatic carbocycles. The molecule has 0 unspecified atom stereocenters. The van der Waals surface area contributed by atoms with Gasteiger partial charge in [-0.2, -0.15) is 0 Å². The van der Waals surface area contributed by atoms with Crippen LogP contribution in [0.5, 0.6) is 0 Å². The molecule has 94 valence electrons. The van der Waals surface area contributed by atoms with Gasteiger partial charge < -0.3 is 9.80 Å². The van der Waals surface area contributed by atoms with Gasteiger partial charge in [-0.25, -0.2) is 4.98 Å². The number of rotatable bonds is 3. The van der Waals surface area contributed by atoms with Crippen LogP contribution < -0.4 is 4.90 Å². The molecule has 1 aliphatic rings. The van der Waals surface area contributed by atoms with E-state index in [-0.39, 0.29) is 0 Å². The van der Waals surface area contributed by atoms with E-state index in [1.807, 2.05) is 6.20 Å². The maximum atomic E-state index is 4.53. The van der Waals surface area contributed by atoms with Crippen molar-refractivity contribution in [2.24, 2.45) is 0 Å². The number of piperidine rings is 1. The molecule has 1 fully saturated rings. The van der Waals surface area contributed by atoms with E-state index in [0.717, 1.165) is 30.3 Å². The monoisotopic (exact) mass is 297 g/mol. The molecule has 4 heteroatoms. The van der Waals surface area contributed by atoms with E-state index in [4.69, 9.17) is 0 Å². The fraction of sp³-hybridized carbons (Fsp3) is 0.615. The van der Waals surface area contributed by atoms with Gasteiger partial charge in [0.2, 0.25) is 0 Å². The van der Waals surface area contributed by atoms with Crippen LogP contribution in [-0.2, 0) is 5.33 Å². The predicted octanol–water partition coefficient (Wildman–Crippen LogP) is 2.51. The van der Waals surface area contributed by atoms with Crippen LogP contribution in [0.4, 0.5) is 5.82 Å². The Balaban J connectivity index is 1.95. The van der Waals surface area contributed by atoms with Gasteiger partial charge in [0.1, 0.15) is 5.82 Å². The molecule has 1 saturated heterocycles. The van der Waals surface area contributed by atoms with E-state index in [0.29, 0.717) is 0 Å². The highest BCUT2D eigenvalue weighted by Crippen LogP contribution is 2.20. The zero-order valence-corrected chi connectivity index (χ0v) is 12.2. The molecule has 2 heterocycles. The van der Waals surface area contributed by atoms with Gasteiger partial charge in [-0.05, 0) is 38.6 Å². The van der Waals surface area contributed by atoms with Crippen LogP contribution in [0.1, 0.15) is 18.4 Å². The second kappa shape index (κ2) is 5.83. The number of pyridine rings is 1. The molecular weight excluding hydrogens is 278 g/mol. The number of anilines is 1. The maximum absolute atomic E-state index is 4.53. The first-order chi connectivity index (χ1) is 8.20. The summed E-state index contributed by atoms with van der Waals surface area (Å²) in [7, 11) is 4.34. The molecule has 3 nitrogen and oxygen atoms in total. The minimum absolute atomic E-state index is 0.730. The van der Waals surface area contributed by atoms with Crippen molar-refractivity contribution in [2.75, 3.05) is 32.1 Å². The Kier molecular flexibility index (Phi) is 4.40. The van der Waals surface area contributed by atoms with Crippen molar-refractivity contribution in [3.05, 3.63) is 23.9 Å². The highest BCUT2D eigenvalue weighted by Gasteiger charge is 2.21. The lowest BCUT2D eigenvalue weighted by molar-refractivity contribution is 0.249. The van der Waals surface area contributed by atoms with Crippen LogP contribution in [0.2, 0.25) is 0 Å². The van der Waals surface area contributed by atoms with Gasteiger partial charge in [0, 0.05) is 30.7 Å². The Morgan fingerprint density at radius 3 is 2.53 bits per heavy atom. The Hall–Kier alpha value is -0.610. The Labute approximate surface area is 112 Å². The summed E-state index contributed by atoms with van der Waals surface area (Å²) >= 11 is 3.44. The fourth-order valence-electron chi connectivity index (χ4n) is 2.29. The van der Waals surface area contributed by atoms with Gasteiger partial charge >= 0.3 is 0 Å². The van der Waals surface area contributed by atoms with Crippen molar-refractivity contribution in [1.82, 2.24) is 9.88 Å². The topological polar surface area (TPSA) is 19.4 Å². The summed E-state index contributed by atoms with van der Waals surface area (Å²) in [6.07, 6.45) is 4.42. The van der Waals surface area contributed by atoms with Gasteiger partial charge in [0.05, 0.1) is 0 Å². The number of alkyl halides is 1. The fourth-order valence-corrected chi connectivity index (χ4v) is 2.63. The standard InChI is InChI=1S/C13H20BrN3/c1-16(2)12-5-7-17(8-6-12)13-4-3-11(9-14)10-15-13/h3-4,10,12H,5-9H2,1-2H3. The summed E-state index contributed by atoms with van der Waals surface area (Å²) in [4.78, 5) is 9.24. The molecule has 0 spiro atoms. The molecule has 1 aliphatic heterocycles. The molecule has 0 N–H and O–H groups in total. The summed E-state index contributed by atoms with van der Waals surface area (Å²) in [5, 5.41) is 0.878. The Bertz CT molecular complexity index is 342. The third kappa shape index (κ3) is 3.19. The normalized spacial score (nSPS) is 17.8. The average Bonchev–Trinajstić information content (AvgIpc) is 2.39. The van der Waals surface area contributed by atoms with E-state index in [2.05, 4.69) is 56.9 Å². The number of hydrogen-bond donors (Lipinski definition) is 0. The van der Waals surface area contributed by atoms with Crippen molar-refractivity contribution in [2.45, 2.75) is 24.2 Å². The SMILES string of the molecule is CN(C)C1CCN(c2ccc(CBr)cn2)CC1. The number of nitrogens with zero attached hydrogens (tertiary/aromatic N) is 3. The maximum Gasteiger partial charge on any atom is 0.128 e. The van der Waals surface area contributed by atoms with Crippen molar-refractivity contribution < 1.29 is 0 Å². The first-order valence-corrected chi connectivity index (χ1v) is 7.25. The van der Waals surface area contributed by atoms with Crippen LogP contribution in [0.3, 0.4) is 0 Å². The van der Waals surface area contributed by atoms with Crippen LogP contribution >= 0.6 is 15.9 Å². The van der Waals surface area contributed by atoms with Crippen LogP contribution in [0.15, 0.2) is 18.3 Å². The van der Waals surface area contributed by atoms with Gasteiger partial charge in [-0.1, -0.05) is 22.0 Å². The Morgan fingerprint density at radius 1 is 1.35 bits per heavy atom. The largest absolute Gasteiger partial charge is 0.357 e. The molecule has 0 amide bonds. The lowest BCUT2D eigenvalue weighted by atomic mass is 10.0. The number of halogens is 1. The van der Waals surface area contributed by atoms with Crippen molar-refractivity contribution >= 4 is 21.7 Å². The highest BCUT2D eigenvalue weighted by atomic mass is 79.9. The molecule has 17 heavy (non-hydrogen) atoms. The molecule has 0 atom stereocenters. The predicted molar refractivity (Wildman–Crippen MR) is 75.8 cm³/mol. The molecular formula is C13H20BrN3. The van der Waals surface area contributed by atoms with E-state index in [9.17, 15) is 0 Å². The second-order valence-corrected chi connectivity index (χ2v) is 5.40. The third-order valence-corrected chi connectivity index (χ3v) is 4.13. The molecule has 1 aromatic rings. The van der Waals surface area contributed by atoms with Gasteiger partial charge in [-0.3, -0.25) is 0 Å². The van der Waals surface area contributed by atoms with Crippen LogP contribution in [0.25, 0.3) is 0 Å². The van der Waals surface area contributed by atoms with Gasteiger partial charge in [0.15, 0.2) is 0 Å². The first-order valence-electron chi connectivity index (χ1n) is 6.13. The second-order valence-electron chi connectivity index (χ2n) is 4.84. The summed E-state index contributed by atoms with van der Waals surface area (Å²) in [6, 6.07) is 5.01. The number of hydrogen-bond acceptors (Lipinski definition) is 3. The van der Waals surface area contributed by atoms with E-state index < -0.39 is 0 Å². The van der Waals surface area contributed by atoms with Crippen LogP contribution in [-0.4, -0.2) is 43.1 Å². The van der Waals surface area contributed by atoms with Gasteiger partial charge in [0.25, 0.3) is 0 Å². The quantitative estimate of drug-likeness (QED) is 0.799. The molecule has 0 aromatic carbocycles. The Morgan fingerprint density at radius 2 is 2.06 bits per heavy atom. The number of aromatic nitrogens is 1. The van der Waals surface area contributed by atoms with E-state index >= 15 is 0 Å². The summed E-state index contributed by atoms with van der Waals surface area (Å²) < 4.78 is 0. The smallest absolute Gasteiger partial charge is 0.128 e. The summed E-state index contributed by atoms with van der Waals surface area (Å²) in [5.74, 6) is 1.12. The minimum Gasteiger partial charge on any atom is -0.357 e. The zero-order valence-electron chi connectivity index (χ0n) is 10.6. The highest BCUT2D eigenvalue weighted by molar-refractivity contribution is 9.08. The molecule has 0 saturated carbocycles. The van der Waals surface area contributed by atoms with Gasteiger partial charge in [-0.15, -0.1) is 0 Å². The van der Waals surface area contributed by atoms with Crippen molar-refractivity contribution in [1.29, 1.82) is 0 Å². The first kappa shape index (κ1) is 12.8. The lowest BCUT2D eigenvalue weighted by Gasteiger charge is -2.35. The van der Waals surface area contributed by atoms with Crippen molar-refractivity contribution in [3.8, 4) is 0 Å². The molecule has 0 bridgehead atoms. The minimum atomic E-state index is 0.730. The van der Waals surface area contributed by atoms with Crippen molar-refractivity contribution in [3.63, 3.8) is 0 Å². The lowest BCUT2D eigenvalue weighted by Crippen LogP contribution is -2.42. The van der Waals surface area contributed by atoms with E-state index in [1.165, 1.54) is 18.4 Å². The third-order valence-electron chi connectivity index (χ3n) is 3.48. The molecule has 0 radical (unpaired) electrons.